The van der Waals surface area contributed by atoms with E-state index in [1.807, 2.05) is 62.4 Å². The minimum atomic E-state index is -0.879. The van der Waals surface area contributed by atoms with Crippen LogP contribution in [0.1, 0.15) is 34.5 Å². The van der Waals surface area contributed by atoms with Gasteiger partial charge < -0.3 is 10.2 Å². The van der Waals surface area contributed by atoms with Crippen molar-refractivity contribution < 1.29 is 10.2 Å². The molecule has 2 atom stereocenters. The van der Waals surface area contributed by atoms with Gasteiger partial charge >= 0.3 is 0 Å². The van der Waals surface area contributed by atoms with E-state index in [0.29, 0.717) is 0 Å². The molecule has 0 fully saturated rings. The number of benzene rings is 2. The van der Waals surface area contributed by atoms with E-state index >= 15 is 0 Å². The molecule has 0 radical (unpaired) electrons. The van der Waals surface area contributed by atoms with Crippen LogP contribution in [0.5, 0.6) is 0 Å². The molecule has 2 rings (SSSR count). The Morgan fingerprint density at radius 1 is 0.650 bits per heavy atom. The second-order valence-electron chi connectivity index (χ2n) is 4.92. The second-order valence-corrected chi connectivity index (χ2v) is 4.92. The maximum atomic E-state index is 9.97. The first-order valence-corrected chi connectivity index (χ1v) is 6.56. The van der Waals surface area contributed by atoms with Gasteiger partial charge in [0.1, 0.15) is 12.2 Å². The van der Waals surface area contributed by atoms with Crippen LogP contribution in [-0.4, -0.2) is 10.2 Å². The van der Waals surface area contributed by atoms with Crippen molar-refractivity contribution >= 4 is 0 Å². The fourth-order valence-electron chi connectivity index (χ4n) is 1.82. The quantitative estimate of drug-likeness (QED) is 0.820. The molecule has 102 valence electrons. The highest BCUT2D eigenvalue weighted by Crippen LogP contribution is 2.15. The van der Waals surface area contributed by atoms with Crippen LogP contribution in [0.2, 0.25) is 0 Å². The molecule has 2 N–H and O–H groups in total. The molecule has 2 aromatic carbocycles. The Morgan fingerprint density at radius 2 is 0.950 bits per heavy atom. The van der Waals surface area contributed by atoms with E-state index in [4.69, 9.17) is 0 Å². The molecular weight excluding hydrogens is 248 g/mol. The Balaban J connectivity index is 2.09. The lowest BCUT2D eigenvalue weighted by molar-refractivity contribution is 0.227. The summed E-state index contributed by atoms with van der Waals surface area (Å²) in [6, 6.07) is 15.1. The Hall–Kier alpha value is -2.08. The first-order valence-electron chi connectivity index (χ1n) is 6.56. The fraction of sp³-hybridized carbons (Fsp3) is 0.222. The van der Waals surface area contributed by atoms with Gasteiger partial charge in [0.2, 0.25) is 0 Å². The van der Waals surface area contributed by atoms with Crippen molar-refractivity contribution in [3.63, 3.8) is 0 Å². The monoisotopic (exact) mass is 266 g/mol. The Bertz CT molecular complexity index is 560. The van der Waals surface area contributed by atoms with Gasteiger partial charge in [0.05, 0.1) is 0 Å². The summed E-state index contributed by atoms with van der Waals surface area (Å²) in [6.07, 6.45) is -1.76. The molecule has 0 saturated heterocycles. The van der Waals surface area contributed by atoms with Crippen molar-refractivity contribution in [1.29, 1.82) is 0 Å². The van der Waals surface area contributed by atoms with Gasteiger partial charge in [-0.15, -0.1) is 0 Å². The molecule has 0 aliphatic carbocycles. The third-order valence-corrected chi connectivity index (χ3v) is 3.14. The molecule has 2 heteroatoms. The maximum Gasteiger partial charge on any atom is 0.140 e. The highest BCUT2D eigenvalue weighted by molar-refractivity contribution is 5.32. The van der Waals surface area contributed by atoms with Gasteiger partial charge in [-0.1, -0.05) is 71.5 Å². The molecular formula is C18H18O2. The fourth-order valence-corrected chi connectivity index (χ4v) is 1.82. The molecule has 2 nitrogen and oxygen atoms in total. The minimum Gasteiger partial charge on any atom is -0.376 e. The average Bonchev–Trinajstić information content (AvgIpc) is 2.46. The van der Waals surface area contributed by atoms with Gasteiger partial charge in [0.25, 0.3) is 0 Å². The third-order valence-electron chi connectivity index (χ3n) is 3.14. The number of aliphatic hydroxyl groups excluding tert-OH is 2. The number of aliphatic hydroxyl groups is 2. The van der Waals surface area contributed by atoms with Gasteiger partial charge in [-0.3, -0.25) is 0 Å². The molecule has 0 aromatic heterocycles. The summed E-state index contributed by atoms with van der Waals surface area (Å²) in [5.74, 6) is 5.37. The summed E-state index contributed by atoms with van der Waals surface area (Å²) in [7, 11) is 0. The lowest BCUT2D eigenvalue weighted by atomic mass is 10.1. The summed E-state index contributed by atoms with van der Waals surface area (Å²) >= 11 is 0. The summed E-state index contributed by atoms with van der Waals surface area (Å²) in [5.41, 5.74) is 3.74. The Labute approximate surface area is 119 Å². The van der Waals surface area contributed by atoms with Gasteiger partial charge in [-0.2, -0.15) is 0 Å². The minimum absolute atomic E-state index is 0.735. The number of hydrogen-bond donors (Lipinski definition) is 2. The van der Waals surface area contributed by atoms with Crippen LogP contribution in [-0.2, 0) is 0 Å². The highest BCUT2D eigenvalue weighted by Gasteiger charge is 2.05. The zero-order valence-corrected chi connectivity index (χ0v) is 11.7. The average molecular weight is 266 g/mol. The van der Waals surface area contributed by atoms with Crippen LogP contribution in [0.4, 0.5) is 0 Å². The van der Waals surface area contributed by atoms with Crippen LogP contribution in [0.25, 0.3) is 0 Å². The SMILES string of the molecule is Cc1ccc([C@@H](O)C#C[C@H](O)c2ccc(C)cc2)cc1. The van der Waals surface area contributed by atoms with E-state index in [1.54, 1.807) is 0 Å². The lowest BCUT2D eigenvalue weighted by Gasteiger charge is -2.06. The lowest BCUT2D eigenvalue weighted by Crippen LogP contribution is -1.97. The molecule has 0 unspecified atom stereocenters. The van der Waals surface area contributed by atoms with E-state index < -0.39 is 12.2 Å². The number of hydrogen-bond acceptors (Lipinski definition) is 2. The number of rotatable bonds is 2. The molecule has 0 aliphatic heterocycles. The predicted octanol–water partition coefficient (Wildman–Crippen LogP) is 3.07. The Kier molecular flexibility index (Phi) is 4.57. The van der Waals surface area contributed by atoms with Gasteiger partial charge in [0, 0.05) is 0 Å². The van der Waals surface area contributed by atoms with E-state index in [0.717, 1.165) is 22.3 Å². The molecule has 20 heavy (non-hydrogen) atoms. The van der Waals surface area contributed by atoms with Gasteiger partial charge in [-0.05, 0) is 25.0 Å². The van der Waals surface area contributed by atoms with Crippen molar-refractivity contribution in [2.45, 2.75) is 26.1 Å². The van der Waals surface area contributed by atoms with E-state index in [1.165, 1.54) is 0 Å². The molecule has 0 aliphatic rings. The van der Waals surface area contributed by atoms with Crippen molar-refractivity contribution in [3.8, 4) is 11.8 Å². The summed E-state index contributed by atoms with van der Waals surface area (Å²) in [4.78, 5) is 0. The summed E-state index contributed by atoms with van der Waals surface area (Å²) < 4.78 is 0. The van der Waals surface area contributed by atoms with Crippen molar-refractivity contribution in [1.82, 2.24) is 0 Å². The van der Waals surface area contributed by atoms with Crippen LogP contribution in [0.3, 0.4) is 0 Å². The number of aryl methyl sites for hydroxylation is 2. The smallest absolute Gasteiger partial charge is 0.140 e. The van der Waals surface area contributed by atoms with Crippen LogP contribution >= 0.6 is 0 Å². The molecule has 0 bridgehead atoms. The van der Waals surface area contributed by atoms with E-state index in [2.05, 4.69) is 11.8 Å². The molecule has 0 saturated carbocycles. The summed E-state index contributed by atoms with van der Waals surface area (Å²) in [5, 5.41) is 19.9. The Morgan fingerprint density at radius 3 is 1.25 bits per heavy atom. The third kappa shape index (κ3) is 3.71. The molecule has 0 spiro atoms. The van der Waals surface area contributed by atoms with Gasteiger partial charge in [-0.25, -0.2) is 0 Å². The van der Waals surface area contributed by atoms with E-state index in [9.17, 15) is 10.2 Å². The van der Waals surface area contributed by atoms with Crippen molar-refractivity contribution in [3.05, 3.63) is 70.8 Å². The van der Waals surface area contributed by atoms with Crippen molar-refractivity contribution in [2.75, 3.05) is 0 Å². The first kappa shape index (κ1) is 14.3. The normalized spacial score (nSPS) is 13.2. The van der Waals surface area contributed by atoms with Crippen LogP contribution in [0, 0.1) is 25.7 Å². The zero-order valence-electron chi connectivity index (χ0n) is 11.7. The zero-order chi connectivity index (χ0) is 14.5. The highest BCUT2D eigenvalue weighted by atomic mass is 16.3. The van der Waals surface area contributed by atoms with Crippen LogP contribution < -0.4 is 0 Å². The van der Waals surface area contributed by atoms with E-state index in [-0.39, 0.29) is 0 Å². The van der Waals surface area contributed by atoms with Gasteiger partial charge in [0.15, 0.2) is 0 Å². The molecule has 2 aromatic rings. The predicted molar refractivity (Wildman–Crippen MR) is 80.1 cm³/mol. The largest absolute Gasteiger partial charge is 0.376 e. The topological polar surface area (TPSA) is 40.5 Å². The van der Waals surface area contributed by atoms with Crippen LogP contribution in [0.15, 0.2) is 48.5 Å². The standard InChI is InChI=1S/C18H18O2/c1-13-3-7-15(8-4-13)17(19)11-12-18(20)16-9-5-14(2)6-10-16/h3-10,17-20H,1-2H3/t17-,18-/m0/s1. The summed E-state index contributed by atoms with van der Waals surface area (Å²) in [6.45, 7) is 3.98. The van der Waals surface area contributed by atoms with Crippen molar-refractivity contribution in [2.24, 2.45) is 0 Å². The maximum absolute atomic E-state index is 9.97. The molecule has 0 heterocycles. The first-order chi connectivity index (χ1) is 9.56. The second kappa shape index (κ2) is 6.38. The molecule has 0 amide bonds.